The second-order valence-electron chi connectivity index (χ2n) is 9.19. The van der Waals surface area contributed by atoms with Crippen molar-refractivity contribution in [1.29, 1.82) is 0 Å². The second kappa shape index (κ2) is 7.39. The molecule has 6 nitrogen and oxygen atoms in total. The molecule has 0 aromatic heterocycles. The zero-order valence-corrected chi connectivity index (χ0v) is 18.3. The van der Waals surface area contributed by atoms with E-state index in [9.17, 15) is 19.2 Å². The van der Waals surface area contributed by atoms with Crippen molar-refractivity contribution in [2.75, 3.05) is 11.5 Å². The van der Waals surface area contributed by atoms with Crippen LogP contribution in [0.1, 0.15) is 27.1 Å². The molecule has 1 heterocycles. The number of Topliss-reactive ketones (excluding diaryl/α,β-unsaturated/α-hetero) is 1. The van der Waals surface area contributed by atoms with Gasteiger partial charge in [0.25, 0.3) is 0 Å². The fourth-order valence-corrected chi connectivity index (χ4v) is 6.09. The highest BCUT2D eigenvalue weighted by Crippen LogP contribution is 2.65. The molecule has 0 radical (unpaired) electrons. The van der Waals surface area contributed by atoms with Crippen LogP contribution in [0, 0.1) is 35.5 Å². The molecule has 5 aliphatic rings. The normalized spacial score (nSPS) is 30.8. The maximum atomic E-state index is 13.4. The Hall–Kier alpha value is -3.25. The van der Waals surface area contributed by atoms with Crippen LogP contribution in [0.4, 0.5) is 5.69 Å². The largest absolute Gasteiger partial charge is 0.454 e. The molecule has 7 rings (SSSR count). The molecule has 2 aromatic carbocycles. The quantitative estimate of drug-likeness (QED) is 0.291. The summed E-state index contributed by atoms with van der Waals surface area (Å²) in [5.41, 5.74) is 0.683. The Labute approximate surface area is 195 Å². The first-order chi connectivity index (χ1) is 16.0. The molecule has 2 bridgehead atoms. The van der Waals surface area contributed by atoms with Gasteiger partial charge in [-0.2, -0.15) is 0 Å². The number of anilines is 1. The zero-order valence-electron chi connectivity index (χ0n) is 17.5. The third-order valence-electron chi connectivity index (χ3n) is 7.53. The van der Waals surface area contributed by atoms with Gasteiger partial charge in [0.1, 0.15) is 0 Å². The molecule has 166 valence electrons. The van der Waals surface area contributed by atoms with Gasteiger partial charge in [0.15, 0.2) is 12.4 Å². The third-order valence-corrected chi connectivity index (χ3v) is 7.78. The summed E-state index contributed by atoms with van der Waals surface area (Å²) in [4.78, 5) is 53.3. The minimum atomic E-state index is -0.757. The number of para-hydroxylation sites is 1. The molecule has 3 fully saturated rings. The Kier molecular flexibility index (Phi) is 4.56. The third kappa shape index (κ3) is 3.08. The first-order valence-corrected chi connectivity index (χ1v) is 11.4. The van der Waals surface area contributed by atoms with E-state index in [1.54, 1.807) is 42.5 Å². The summed E-state index contributed by atoms with van der Waals surface area (Å²) in [6, 6.07) is 12.7. The number of imide groups is 1. The summed E-state index contributed by atoms with van der Waals surface area (Å²) in [5, 5.41) is 0.499. The molecule has 6 atom stereocenters. The zero-order chi connectivity index (χ0) is 22.9. The van der Waals surface area contributed by atoms with E-state index >= 15 is 0 Å². The van der Waals surface area contributed by atoms with E-state index in [2.05, 4.69) is 12.2 Å². The molecule has 1 aliphatic heterocycles. The predicted molar refractivity (Wildman–Crippen MR) is 120 cm³/mol. The first kappa shape index (κ1) is 20.4. The van der Waals surface area contributed by atoms with Crippen molar-refractivity contribution >= 4 is 40.9 Å². The number of ether oxygens (including phenoxy) is 1. The van der Waals surface area contributed by atoms with Crippen LogP contribution in [0.15, 0.2) is 60.7 Å². The standard InChI is InChI=1S/C26H20ClNO5/c27-14-7-5-13(6-8-14)21(29)12-33-26(32)17-3-1-2-4-20(17)28-24(30)22-15-9-10-16(19-11-18(15)19)23(22)25(28)31/h1-10,15-16,18-19,22-23H,11-12H2/t15-,16-,18-,19+,22-,23+/m0/s1. The Morgan fingerprint density at radius 2 is 1.52 bits per heavy atom. The van der Waals surface area contributed by atoms with E-state index in [1.165, 1.54) is 11.0 Å². The van der Waals surface area contributed by atoms with E-state index in [1.807, 2.05) is 0 Å². The first-order valence-electron chi connectivity index (χ1n) is 11.1. The SMILES string of the molecule is O=C(COC(=O)c1ccccc1N1C(=O)[C@@H]2[C@H]3C=C[C@@H]([C@@H]4C[C@H]34)[C@@H]2C1=O)c1ccc(Cl)cc1. The van der Waals surface area contributed by atoms with Gasteiger partial charge in [-0.05, 0) is 66.5 Å². The summed E-state index contributed by atoms with van der Waals surface area (Å²) < 4.78 is 5.26. The van der Waals surface area contributed by atoms with Crippen LogP contribution in [0.3, 0.4) is 0 Å². The van der Waals surface area contributed by atoms with Crippen molar-refractivity contribution in [2.24, 2.45) is 35.5 Å². The Morgan fingerprint density at radius 1 is 0.909 bits per heavy atom. The average Bonchev–Trinajstić information content (AvgIpc) is 3.61. The molecule has 33 heavy (non-hydrogen) atoms. The molecular formula is C26H20ClNO5. The summed E-state index contributed by atoms with van der Waals surface area (Å²) in [6.45, 7) is -0.459. The van der Waals surface area contributed by atoms with E-state index in [0.717, 1.165) is 6.42 Å². The maximum absolute atomic E-state index is 13.4. The number of carbonyl (C=O) groups is 4. The molecule has 7 heteroatoms. The minimum Gasteiger partial charge on any atom is -0.454 e. The van der Waals surface area contributed by atoms with Crippen LogP contribution in [-0.4, -0.2) is 30.2 Å². The fourth-order valence-electron chi connectivity index (χ4n) is 5.96. The number of hydrogen-bond acceptors (Lipinski definition) is 5. The van der Waals surface area contributed by atoms with Crippen LogP contribution < -0.4 is 4.90 Å². The van der Waals surface area contributed by atoms with Crippen LogP contribution in [0.2, 0.25) is 5.02 Å². The number of halogens is 1. The van der Waals surface area contributed by atoms with Crippen molar-refractivity contribution in [2.45, 2.75) is 6.42 Å². The van der Waals surface area contributed by atoms with Gasteiger partial charge in [0.2, 0.25) is 11.8 Å². The lowest BCUT2D eigenvalue weighted by Gasteiger charge is -2.37. The van der Waals surface area contributed by atoms with Gasteiger partial charge in [-0.1, -0.05) is 35.9 Å². The molecule has 2 saturated carbocycles. The summed E-state index contributed by atoms with van der Waals surface area (Å²) in [6.07, 6.45) is 5.30. The van der Waals surface area contributed by atoms with Gasteiger partial charge >= 0.3 is 5.97 Å². The number of esters is 1. The predicted octanol–water partition coefficient (Wildman–Crippen LogP) is 3.94. The monoisotopic (exact) mass is 461 g/mol. The molecule has 2 amide bonds. The van der Waals surface area contributed by atoms with Crippen molar-refractivity contribution in [3.63, 3.8) is 0 Å². The van der Waals surface area contributed by atoms with Crippen LogP contribution in [0.25, 0.3) is 0 Å². The molecule has 0 N–H and O–H groups in total. The number of rotatable bonds is 5. The maximum Gasteiger partial charge on any atom is 0.340 e. The molecule has 0 unspecified atom stereocenters. The topological polar surface area (TPSA) is 80.8 Å². The highest BCUT2D eigenvalue weighted by molar-refractivity contribution is 6.30. The minimum absolute atomic E-state index is 0.0900. The smallest absolute Gasteiger partial charge is 0.340 e. The Balaban J connectivity index is 1.24. The number of nitrogens with zero attached hydrogens (tertiary/aromatic N) is 1. The molecule has 0 spiro atoms. The summed E-state index contributed by atoms with van der Waals surface area (Å²) in [5.74, 6) is -1.14. The van der Waals surface area contributed by atoms with E-state index in [-0.39, 0.29) is 52.5 Å². The van der Waals surface area contributed by atoms with Crippen LogP contribution in [0.5, 0.6) is 0 Å². The van der Waals surface area contributed by atoms with Crippen molar-refractivity contribution in [1.82, 2.24) is 0 Å². The lowest BCUT2D eigenvalue weighted by Crippen LogP contribution is -2.40. The van der Waals surface area contributed by atoms with Crippen molar-refractivity contribution in [3.05, 3.63) is 76.8 Å². The van der Waals surface area contributed by atoms with Gasteiger partial charge in [0.05, 0.1) is 23.1 Å². The number of hydrogen-bond donors (Lipinski definition) is 0. The molecule has 4 aliphatic carbocycles. The summed E-state index contributed by atoms with van der Waals surface area (Å²) >= 11 is 5.84. The highest BCUT2D eigenvalue weighted by atomic mass is 35.5. The number of benzene rings is 2. The number of amides is 2. The lowest BCUT2D eigenvalue weighted by molar-refractivity contribution is -0.124. The van der Waals surface area contributed by atoms with Gasteiger partial charge < -0.3 is 4.74 Å². The fraction of sp³-hybridized carbons (Fsp3) is 0.308. The van der Waals surface area contributed by atoms with Crippen molar-refractivity contribution in [3.8, 4) is 0 Å². The van der Waals surface area contributed by atoms with E-state index < -0.39 is 12.6 Å². The van der Waals surface area contributed by atoms with Crippen LogP contribution in [-0.2, 0) is 14.3 Å². The van der Waals surface area contributed by atoms with Gasteiger partial charge in [-0.15, -0.1) is 0 Å². The Morgan fingerprint density at radius 3 is 2.15 bits per heavy atom. The average molecular weight is 462 g/mol. The van der Waals surface area contributed by atoms with Gasteiger partial charge in [-0.3, -0.25) is 14.4 Å². The number of carbonyl (C=O) groups excluding carboxylic acids is 4. The molecular weight excluding hydrogens is 442 g/mol. The van der Waals surface area contributed by atoms with E-state index in [0.29, 0.717) is 22.4 Å². The summed E-state index contributed by atoms with van der Waals surface area (Å²) in [7, 11) is 0. The van der Waals surface area contributed by atoms with Crippen LogP contribution >= 0.6 is 11.6 Å². The number of ketones is 1. The second-order valence-corrected chi connectivity index (χ2v) is 9.63. The highest BCUT2D eigenvalue weighted by Gasteiger charge is 2.67. The molecule has 2 aromatic rings. The Bertz CT molecular complexity index is 1200. The lowest BCUT2D eigenvalue weighted by atomic mass is 9.63. The van der Waals surface area contributed by atoms with E-state index in [4.69, 9.17) is 16.3 Å². The van der Waals surface area contributed by atoms with Gasteiger partial charge in [0, 0.05) is 10.6 Å². The van der Waals surface area contributed by atoms with Crippen molar-refractivity contribution < 1.29 is 23.9 Å². The number of allylic oxidation sites excluding steroid dienone is 2. The molecule has 1 saturated heterocycles. The van der Waals surface area contributed by atoms with Gasteiger partial charge in [-0.25, -0.2) is 9.69 Å².